The zero-order valence-electron chi connectivity index (χ0n) is 14.1. The maximum Gasteiger partial charge on any atom is 0.0799 e. The largest absolute Gasteiger partial charge is 0.0799 e. The van der Waals surface area contributed by atoms with Crippen molar-refractivity contribution >= 4 is 19.6 Å². The Morgan fingerprint density at radius 2 is 1.52 bits per heavy atom. The molecule has 3 rings (SSSR count). The molecule has 0 aromatic heterocycles. The van der Waals surface area contributed by atoms with Crippen LogP contribution in [0.4, 0.5) is 0 Å². The zero-order valence-corrected chi connectivity index (χ0v) is 15.1. The number of hydrogen-bond acceptors (Lipinski definition) is 0. The lowest BCUT2D eigenvalue weighted by molar-refractivity contribution is 0.940. The van der Waals surface area contributed by atoms with E-state index in [2.05, 4.69) is 65.1 Å². The molecule has 0 spiro atoms. The predicted octanol–water partition coefficient (Wildman–Crippen LogP) is 4.65. The number of allylic oxidation sites excluding steroid dienone is 6. The van der Waals surface area contributed by atoms with E-state index in [4.69, 9.17) is 0 Å². The van der Waals surface area contributed by atoms with E-state index in [0.717, 1.165) is 6.42 Å². The van der Waals surface area contributed by atoms with Gasteiger partial charge in [-0.05, 0) is 67.5 Å². The van der Waals surface area contributed by atoms with Crippen LogP contribution in [0.5, 0.6) is 0 Å². The van der Waals surface area contributed by atoms with Gasteiger partial charge in [0.2, 0.25) is 0 Å². The third-order valence-corrected chi connectivity index (χ3v) is 7.03. The molecule has 109 valence electrons. The Kier molecular flexibility index (Phi) is 3.57. The molecule has 0 saturated heterocycles. The lowest BCUT2D eigenvalue weighted by atomic mass is 9.92. The lowest BCUT2D eigenvalue weighted by Crippen LogP contribution is -2.31. The summed E-state index contributed by atoms with van der Waals surface area (Å²) >= 11 is 0. The van der Waals surface area contributed by atoms with Gasteiger partial charge < -0.3 is 0 Å². The molecular weight excluding hydrogens is 268 g/mol. The van der Waals surface area contributed by atoms with Gasteiger partial charge in [0.25, 0.3) is 0 Å². The van der Waals surface area contributed by atoms with Crippen molar-refractivity contribution in [2.24, 2.45) is 5.92 Å². The number of rotatable bonds is 2. The van der Waals surface area contributed by atoms with Crippen LogP contribution in [0.2, 0.25) is 13.1 Å². The van der Waals surface area contributed by atoms with Crippen LogP contribution in [0.25, 0.3) is 5.57 Å². The molecule has 0 atom stereocenters. The Bertz CT molecular complexity index is 687. The van der Waals surface area contributed by atoms with Crippen LogP contribution in [-0.2, 0) is 6.42 Å². The fraction of sp³-hybridized carbons (Fsp3) is 0.400. The smallest absolute Gasteiger partial charge is 0.0735 e. The van der Waals surface area contributed by atoms with Gasteiger partial charge in [-0.25, -0.2) is 0 Å². The highest BCUT2D eigenvalue weighted by atomic mass is 28.3. The predicted molar refractivity (Wildman–Crippen MR) is 95.8 cm³/mol. The fourth-order valence-electron chi connectivity index (χ4n) is 4.11. The average Bonchev–Trinajstić information content (AvgIpc) is 3.04. The van der Waals surface area contributed by atoms with Crippen molar-refractivity contribution in [2.45, 2.75) is 47.2 Å². The van der Waals surface area contributed by atoms with E-state index in [0.29, 0.717) is 5.92 Å². The Morgan fingerprint density at radius 3 is 2.10 bits per heavy atom. The van der Waals surface area contributed by atoms with E-state index in [1.54, 1.807) is 27.5 Å². The molecule has 1 heteroatoms. The normalized spacial score (nSPS) is 17.5. The fourth-order valence-corrected chi connectivity index (χ4v) is 5.87. The van der Waals surface area contributed by atoms with Gasteiger partial charge in [0.05, 0.1) is 8.80 Å². The van der Waals surface area contributed by atoms with Crippen LogP contribution in [0.3, 0.4) is 0 Å². The first kappa shape index (κ1) is 14.6. The molecule has 1 radical (unpaired) electrons. The van der Waals surface area contributed by atoms with E-state index in [1.165, 1.54) is 16.7 Å². The van der Waals surface area contributed by atoms with Crippen molar-refractivity contribution in [3.8, 4) is 0 Å². The minimum atomic E-state index is -0.437. The van der Waals surface area contributed by atoms with Gasteiger partial charge in [-0.15, -0.1) is 0 Å². The van der Waals surface area contributed by atoms with Gasteiger partial charge in [0.1, 0.15) is 0 Å². The first-order chi connectivity index (χ1) is 9.93. The molecule has 2 aliphatic rings. The molecule has 21 heavy (non-hydrogen) atoms. The Morgan fingerprint density at radius 1 is 0.905 bits per heavy atom. The Hall–Kier alpha value is -1.34. The zero-order chi connectivity index (χ0) is 15.3. The number of fused-ring (bicyclic) bond motifs is 1. The summed E-state index contributed by atoms with van der Waals surface area (Å²) in [7, 11) is -0.437. The number of hydrogen-bond donors (Lipinski definition) is 0. The highest BCUT2D eigenvalue weighted by Gasteiger charge is 2.29. The van der Waals surface area contributed by atoms with Crippen molar-refractivity contribution in [3.05, 3.63) is 57.7 Å². The molecule has 2 aliphatic carbocycles. The van der Waals surface area contributed by atoms with Crippen LogP contribution in [0.1, 0.15) is 34.7 Å². The second kappa shape index (κ2) is 5.13. The second-order valence-electron chi connectivity index (χ2n) is 6.73. The summed E-state index contributed by atoms with van der Waals surface area (Å²) in [5.41, 5.74) is 10.9. The molecule has 0 N–H and O–H groups in total. The van der Waals surface area contributed by atoms with E-state index >= 15 is 0 Å². The molecule has 0 unspecified atom stereocenters. The van der Waals surface area contributed by atoms with Crippen LogP contribution in [-0.4, -0.2) is 8.80 Å². The first-order valence-electron chi connectivity index (χ1n) is 7.91. The number of benzene rings is 1. The molecule has 0 heterocycles. The summed E-state index contributed by atoms with van der Waals surface area (Å²) in [6.45, 7) is 14.2. The molecule has 0 aliphatic heterocycles. The maximum atomic E-state index is 2.44. The topological polar surface area (TPSA) is 0 Å². The van der Waals surface area contributed by atoms with E-state index in [9.17, 15) is 0 Å². The van der Waals surface area contributed by atoms with Crippen molar-refractivity contribution in [2.75, 3.05) is 0 Å². The summed E-state index contributed by atoms with van der Waals surface area (Å²) in [4.78, 5) is 0. The van der Waals surface area contributed by atoms with Gasteiger partial charge in [0.15, 0.2) is 0 Å². The molecule has 1 aromatic carbocycles. The van der Waals surface area contributed by atoms with Crippen molar-refractivity contribution in [3.63, 3.8) is 0 Å². The van der Waals surface area contributed by atoms with Crippen molar-refractivity contribution in [1.29, 1.82) is 0 Å². The third-order valence-electron chi connectivity index (χ3n) is 5.35. The summed E-state index contributed by atoms with van der Waals surface area (Å²) in [6.07, 6.45) is 10.2. The molecule has 0 fully saturated rings. The van der Waals surface area contributed by atoms with Gasteiger partial charge in [-0.3, -0.25) is 0 Å². The molecular formula is C20H25Si. The first-order valence-corrected chi connectivity index (χ1v) is 10.4. The molecule has 0 nitrogen and oxygen atoms in total. The minimum Gasteiger partial charge on any atom is -0.0735 e. The summed E-state index contributed by atoms with van der Waals surface area (Å²) in [5.74, 6) is 0.523. The molecule has 0 amide bonds. The minimum absolute atomic E-state index is 0.437. The SMILES string of the molecule is CC1=C(C2C=CC=C2)Cc2c1c(C)c(C)c(C)c2[Si](C)C. The van der Waals surface area contributed by atoms with E-state index in [-0.39, 0.29) is 0 Å². The average molecular weight is 294 g/mol. The van der Waals surface area contributed by atoms with E-state index < -0.39 is 8.80 Å². The van der Waals surface area contributed by atoms with Gasteiger partial charge in [0, 0.05) is 5.92 Å². The maximum absolute atomic E-state index is 2.44. The molecule has 0 saturated carbocycles. The van der Waals surface area contributed by atoms with Crippen LogP contribution in [0.15, 0.2) is 29.9 Å². The quantitative estimate of drug-likeness (QED) is 0.697. The lowest BCUT2D eigenvalue weighted by Gasteiger charge is -2.21. The highest BCUT2D eigenvalue weighted by molar-refractivity contribution is 6.71. The van der Waals surface area contributed by atoms with Crippen LogP contribution >= 0.6 is 0 Å². The highest BCUT2D eigenvalue weighted by Crippen LogP contribution is 2.40. The second-order valence-corrected chi connectivity index (χ2v) is 9.23. The van der Waals surface area contributed by atoms with Gasteiger partial charge in [-0.2, -0.15) is 0 Å². The monoisotopic (exact) mass is 293 g/mol. The van der Waals surface area contributed by atoms with Crippen molar-refractivity contribution < 1.29 is 0 Å². The summed E-state index contributed by atoms with van der Waals surface area (Å²) in [6, 6.07) is 0. The standard InChI is InChI=1S/C20H25Si/c1-12-13(2)19-15(4)17(16-9-7-8-10-16)11-18(19)20(14(12)3)21(5)6/h7-10,16H,11H2,1-6H3. The third kappa shape index (κ3) is 2.10. The summed E-state index contributed by atoms with van der Waals surface area (Å²) in [5, 5.41) is 1.69. The van der Waals surface area contributed by atoms with Gasteiger partial charge >= 0.3 is 0 Å². The Labute approximate surface area is 130 Å². The molecule has 1 aromatic rings. The van der Waals surface area contributed by atoms with Crippen molar-refractivity contribution in [1.82, 2.24) is 0 Å². The molecule has 0 bridgehead atoms. The van der Waals surface area contributed by atoms with Crippen LogP contribution in [0, 0.1) is 26.7 Å². The van der Waals surface area contributed by atoms with Gasteiger partial charge in [-0.1, -0.05) is 48.2 Å². The van der Waals surface area contributed by atoms with Crippen LogP contribution < -0.4 is 5.19 Å². The summed E-state index contributed by atoms with van der Waals surface area (Å²) < 4.78 is 0. The van der Waals surface area contributed by atoms with E-state index in [1.807, 2.05) is 0 Å². The Balaban J connectivity index is 2.22.